The minimum absolute atomic E-state index is 0.00252. The molecule has 0 saturated heterocycles. The molecule has 0 aromatic heterocycles. The normalized spacial score (nSPS) is 49.5. The number of carbonyl (C=O) groups excluding carboxylic acids is 2. The van der Waals surface area contributed by atoms with Crippen molar-refractivity contribution >= 4 is 11.8 Å². The Hall–Kier alpha value is -1.42. The van der Waals surface area contributed by atoms with Gasteiger partial charge in [-0.2, -0.15) is 0 Å². The average Bonchev–Trinajstić information content (AvgIpc) is 3.15. The largest absolute Gasteiger partial charge is 0.451 e. The summed E-state index contributed by atoms with van der Waals surface area (Å²) in [4.78, 5) is 23.8. The molecule has 0 aromatic carbocycles. The predicted octanol–water partition coefficient (Wildman–Crippen LogP) is 3.20. The standard InChI is InChI=1S/C22H28O4/c1-21-7-4-16-15-3-2-14(24)11-17(15)13(12-23)10-18(16)19(21)5-8-22(21)9-6-20(25)26-22/h6,9,11,13,15-16,18-19,23H,2-5,7-8,10,12H2,1H3/t13-,15-,16?,18?,19?,21+,22-/m1/s1. The lowest BCUT2D eigenvalue weighted by atomic mass is 9.49. The smallest absolute Gasteiger partial charge is 0.331 e. The number of ketones is 1. The van der Waals surface area contributed by atoms with Crippen LogP contribution in [0.4, 0.5) is 0 Å². The number of fused-ring (bicyclic) bond motifs is 6. The molecule has 7 atom stereocenters. The Bertz CT molecular complexity index is 722. The van der Waals surface area contributed by atoms with Crippen LogP contribution >= 0.6 is 0 Å². The molecule has 0 amide bonds. The molecule has 1 heterocycles. The summed E-state index contributed by atoms with van der Waals surface area (Å²) in [5.74, 6) is 2.35. The number of carbonyl (C=O) groups is 2. The minimum Gasteiger partial charge on any atom is -0.451 e. The first-order chi connectivity index (χ1) is 12.5. The highest BCUT2D eigenvalue weighted by atomic mass is 16.6. The van der Waals surface area contributed by atoms with Crippen LogP contribution in [-0.4, -0.2) is 29.1 Å². The van der Waals surface area contributed by atoms with Crippen molar-refractivity contribution in [3.8, 4) is 0 Å². The van der Waals surface area contributed by atoms with E-state index in [1.807, 2.05) is 12.2 Å². The van der Waals surface area contributed by atoms with Gasteiger partial charge in [-0.3, -0.25) is 4.79 Å². The minimum atomic E-state index is -0.410. The van der Waals surface area contributed by atoms with Gasteiger partial charge in [0.2, 0.25) is 0 Å². The topological polar surface area (TPSA) is 63.6 Å². The molecule has 5 rings (SSSR count). The van der Waals surface area contributed by atoms with Gasteiger partial charge in [0.25, 0.3) is 0 Å². The van der Waals surface area contributed by atoms with Crippen molar-refractivity contribution in [1.82, 2.24) is 0 Å². The maximum Gasteiger partial charge on any atom is 0.331 e. The summed E-state index contributed by atoms with van der Waals surface area (Å²) in [5.41, 5.74) is 0.823. The van der Waals surface area contributed by atoms with Crippen molar-refractivity contribution in [2.24, 2.45) is 35.0 Å². The Labute approximate surface area is 154 Å². The third kappa shape index (κ3) is 2.05. The van der Waals surface area contributed by atoms with Crippen LogP contribution in [0.2, 0.25) is 0 Å². The summed E-state index contributed by atoms with van der Waals surface area (Å²) in [6, 6.07) is 0. The molecule has 0 aromatic rings. The summed E-state index contributed by atoms with van der Waals surface area (Å²) >= 11 is 0. The third-order valence-corrected chi connectivity index (χ3v) is 8.67. The molecule has 4 heteroatoms. The second-order valence-corrected chi connectivity index (χ2v) is 9.44. The monoisotopic (exact) mass is 356 g/mol. The average molecular weight is 356 g/mol. The maximum absolute atomic E-state index is 12.0. The predicted molar refractivity (Wildman–Crippen MR) is 96.0 cm³/mol. The number of hydrogen-bond acceptors (Lipinski definition) is 4. The highest BCUT2D eigenvalue weighted by Gasteiger charge is 2.65. The molecule has 1 N–H and O–H groups in total. The van der Waals surface area contributed by atoms with Crippen molar-refractivity contribution in [1.29, 1.82) is 0 Å². The van der Waals surface area contributed by atoms with Crippen LogP contribution in [0.5, 0.6) is 0 Å². The fourth-order valence-electron chi connectivity index (χ4n) is 7.44. The van der Waals surface area contributed by atoms with Gasteiger partial charge in [0, 0.05) is 30.4 Å². The van der Waals surface area contributed by atoms with Crippen LogP contribution in [0, 0.1) is 35.0 Å². The van der Waals surface area contributed by atoms with Crippen molar-refractivity contribution in [2.75, 3.05) is 6.61 Å². The quantitative estimate of drug-likeness (QED) is 0.733. The Morgan fingerprint density at radius 3 is 2.77 bits per heavy atom. The van der Waals surface area contributed by atoms with E-state index in [1.54, 1.807) is 6.08 Å². The summed E-state index contributed by atoms with van der Waals surface area (Å²) in [6.07, 6.45) is 12.3. The fraction of sp³-hybridized carbons (Fsp3) is 0.727. The Kier molecular flexibility index (Phi) is 3.57. The lowest BCUT2D eigenvalue weighted by Crippen LogP contribution is -2.53. The van der Waals surface area contributed by atoms with Crippen LogP contribution < -0.4 is 0 Å². The molecule has 3 unspecified atom stereocenters. The SMILES string of the molecule is C[C@]12CCC3C(C[C@H](CO)C4=CC(=O)CC[C@@H]43)C1CC[C@@]21C=CC(=O)O1. The van der Waals surface area contributed by atoms with E-state index in [2.05, 4.69) is 6.92 Å². The molecule has 4 aliphatic carbocycles. The third-order valence-electron chi connectivity index (χ3n) is 8.67. The summed E-state index contributed by atoms with van der Waals surface area (Å²) < 4.78 is 5.88. The number of rotatable bonds is 1. The van der Waals surface area contributed by atoms with Crippen molar-refractivity contribution in [3.05, 3.63) is 23.8 Å². The summed E-state index contributed by atoms with van der Waals surface area (Å²) in [7, 11) is 0. The van der Waals surface area contributed by atoms with Crippen molar-refractivity contribution in [2.45, 2.75) is 57.5 Å². The van der Waals surface area contributed by atoms with E-state index in [1.165, 1.54) is 5.57 Å². The number of hydrogen-bond donors (Lipinski definition) is 1. The molecular formula is C22H28O4. The number of ether oxygens (including phenoxy) is 1. The molecule has 4 nitrogen and oxygen atoms in total. The first kappa shape index (κ1) is 16.7. The van der Waals surface area contributed by atoms with E-state index in [0.29, 0.717) is 30.1 Å². The van der Waals surface area contributed by atoms with E-state index in [-0.39, 0.29) is 29.7 Å². The van der Waals surface area contributed by atoms with Gasteiger partial charge in [0.05, 0.1) is 0 Å². The van der Waals surface area contributed by atoms with Gasteiger partial charge in [0.1, 0.15) is 5.60 Å². The fourth-order valence-corrected chi connectivity index (χ4v) is 7.44. The maximum atomic E-state index is 12.0. The van der Waals surface area contributed by atoms with Crippen LogP contribution in [-0.2, 0) is 14.3 Å². The van der Waals surface area contributed by atoms with Gasteiger partial charge in [-0.15, -0.1) is 0 Å². The van der Waals surface area contributed by atoms with E-state index >= 15 is 0 Å². The van der Waals surface area contributed by atoms with Crippen molar-refractivity contribution in [3.63, 3.8) is 0 Å². The molecule has 140 valence electrons. The molecule has 3 fully saturated rings. The zero-order valence-electron chi connectivity index (χ0n) is 15.4. The summed E-state index contributed by atoms with van der Waals surface area (Å²) in [6.45, 7) is 2.47. The van der Waals surface area contributed by atoms with Crippen LogP contribution in [0.25, 0.3) is 0 Å². The van der Waals surface area contributed by atoms with Crippen molar-refractivity contribution < 1.29 is 19.4 Å². The number of esters is 1. The first-order valence-corrected chi connectivity index (χ1v) is 10.2. The molecule has 5 aliphatic rings. The van der Waals surface area contributed by atoms with Gasteiger partial charge < -0.3 is 9.84 Å². The van der Waals surface area contributed by atoms with Crippen LogP contribution in [0.1, 0.15) is 51.9 Å². The Morgan fingerprint density at radius 2 is 2.04 bits per heavy atom. The summed E-state index contributed by atoms with van der Waals surface area (Å²) in [5, 5.41) is 10.0. The van der Waals surface area contributed by atoms with Gasteiger partial charge in [-0.25, -0.2) is 4.79 Å². The van der Waals surface area contributed by atoms with Gasteiger partial charge in [0.15, 0.2) is 5.78 Å². The molecule has 26 heavy (non-hydrogen) atoms. The Balaban J connectivity index is 1.50. The van der Waals surface area contributed by atoms with Gasteiger partial charge in [-0.05, 0) is 74.3 Å². The molecular weight excluding hydrogens is 328 g/mol. The first-order valence-electron chi connectivity index (χ1n) is 10.2. The molecule has 1 aliphatic heterocycles. The van der Waals surface area contributed by atoms with E-state index < -0.39 is 5.60 Å². The zero-order chi connectivity index (χ0) is 18.1. The van der Waals surface area contributed by atoms with E-state index in [4.69, 9.17) is 4.74 Å². The molecule has 0 radical (unpaired) electrons. The lowest BCUT2D eigenvalue weighted by Gasteiger charge is -2.56. The second kappa shape index (κ2) is 5.54. The number of aliphatic hydroxyl groups excluding tert-OH is 1. The highest BCUT2D eigenvalue weighted by molar-refractivity contribution is 5.91. The van der Waals surface area contributed by atoms with Gasteiger partial charge >= 0.3 is 5.97 Å². The second-order valence-electron chi connectivity index (χ2n) is 9.44. The van der Waals surface area contributed by atoms with Gasteiger partial charge in [-0.1, -0.05) is 12.5 Å². The van der Waals surface area contributed by atoms with Crippen LogP contribution in [0.15, 0.2) is 23.8 Å². The zero-order valence-corrected chi connectivity index (χ0v) is 15.4. The van der Waals surface area contributed by atoms with E-state index in [0.717, 1.165) is 38.5 Å². The molecule has 3 saturated carbocycles. The Morgan fingerprint density at radius 1 is 1.19 bits per heavy atom. The number of aliphatic hydroxyl groups is 1. The van der Waals surface area contributed by atoms with E-state index in [9.17, 15) is 14.7 Å². The molecule has 0 bridgehead atoms. The highest BCUT2D eigenvalue weighted by Crippen LogP contribution is 2.67. The molecule has 1 spiro atoms. The lowest BCUT2D eigenvalue weighted by molar-refractivity contribution is -0.161. The van der Waals surface area contributed by atoms with Crippen LogP contribution in [0.3, 0.4) is 0 Å².